The van der Waals surface area contributed by atoms with Crippen molar-refractivity contribution in [2.45, 2.75) is 38.8 Å². The van der Waals surface area contributed by atoms with Crippen LogP contribution in [0.2, 0.25) is 0 Å². The zero-order valence-electron chi connectivity index (χ0n) is 9.63. The molecule has 0 radical (unpaired) electrons. The zero-order valence-corrected chi connectivity index (χ0v) is 10.4. The van der Waals surface area contributed by atoms with Crippen molar-refractivity contribution >= 4 is 11.8 Å². The summed E-state index contributed by atoms with van der Waals surface area (Å²) in [4.78, 5) is 2.41. The molecule has 0 aromatic heterocycles. The molecule has 2 N–H and O–H groups in total. The number of hydrogen-bond acceptors (Lipinski definition) is 3. The van der Waals surface area contributed by atoms with E-state index < -0.39 is 0 Å². The quantitative estimate of drug-likeness (QED) is 0.715. The van der Waals surface area contributed by atoms with E-state index in [0.717, 1.165) is 13.0 Å². The maximum Gasteiger partial charge on any atom is 0.0301 e. The Morgan fingerprint density at radius 1 is 1.54 bits per heavy atom. The Kier molecular flexibility index (Phi) is 6.01. The third-order valence-corrected chi connectivity index (χ3v) is 3.94. The maximum atomic E-state index is 5.80. The summed E-state index contributed by atoms with van der Waals surface area (Å²) in [7, 11) is 2.18. The molecule has 3 heteroatoms. The predicted octanol–water partition coefficient (Wildman–Crippen LogP) is 1.80. The lowest BCUT2D eigenvalue weighted by Crippen LogP contribution is -2.53. The van der Waals surface area contributed by atoms with Crippen LogP contribution in [0.3, 0.4) is 0 Å². The first-order valence-electron chi connectivity index (χ1n) is 4.93. The van der Waals surface area contributed by atoms with Crippen molar-refractivity contribution in [1.82, 2.24) is 4.90 Å². The van der Waals surface area contributed by atoms with Crippen LogP contribution in [0.5, 0.6) is 0 Å². The van der Waals surface area contributed by atoms with Gasteiger partial charge in [0.25, 0.3) is 0 Å². The molecule has 0 heterocycles. The molecule has 0 bridgehead atoms. The number of nitrogens with zero attached hydrogens (tertiary/aromatic N) is 1. The molecule has 0 saturated heterocycles. The highest BCUT2D eigenvalue weighted by Crippen LogP contribution is 2.20. The van der Waals surface area contributed by atoms with E-state index in [1.54, 1.807) is 0 Å². The number of thioether (sulfide) groups is 1. The fourth-order valence-electron chi connectivity index (χ4n) is 1.42. The normalized spacial score (nSPS) is 18.7. The maximum absolute atomic E-state index is 5.80. The second kappa shape index (κ2) is 5.89. The van der Waals surface area contributed by atoms with Crippen molar-refractivity contribution in [2.75, 3.05) is 25.6 Å². The summed E-state index contributed by atoms with van der Waals surface area (Å²) in [6.45, 7) is 7.44. The van der Waals surface area contributed by atoms with Crippen molar-refractivity contribution in [3.63, 3.8) is 0 Å². The second-order valence-electron chi connectivity index (χ2n) is 3.97. The summed E-state index contributed by atoms with van der Waals surface area (Å²) in [5.41, 5.74) is 5.97. The van der Waals surface area contributed by atoms with Gasteiger partial charge in [0.15, 0.2) is 0 Å². The van der Waals surface area contributed by atoms with E-state index in [4.69, 9.17) is 5.73 Å². The first-order chi connectivity index (χ1) is 6.01. The van der Waals surface area contributed by atoms with Crippen molar-refractivity contribution < 1.29 is 0 Å². The molecule has 2 atom stereocenters. The SMILES string of the molecule is CCC(C)(CN)N(C)C(C)CSC. The molecule has 0 amide bonds. The molecule has 0 aliphatic carbocycles. The van der Waals surface area contributed by atoms with Crippen LogP contribution >= 0.6 is 11.8 Å². The summed E-state index contributed by atoms with van der Waals surface area (Å²) in [5, 5.41) is 0. The van der Waals surface area contributed by atoms with Gasteiger partial charge in [0, 0.05) is 23.9 Å². The molecule has 0 fully saturated rings. The molecule has 0 saturated carbocycles. The van der Waals surface area contributed by atoms with Crippen LogP contribution in [-0.2, 0) is 0 Å². The molecular formula is C10H24N2S. The van der Waals surface area contributed by atoms with Crippen LogP contribution in [0.4, 0.5) is 0 Å². The van der Waals surface area contributed by atoms with Gasteiger partial charge in [0.1, 0.15) is 0 Å². The van der Waals surface area contributed by atoms with Gasteiger partial charge in [0.2, 0.25) is 0 Å². The number of rotatable bonds is 6. The number of nitrogens with two attached hydrogens (primary N) is 1. The molecule has 2 unspecified atom stereocenters. The fourth-order valence-corrected chi connectivity index (χ4v) is 2.13. The smallest absolute Gasteiger partial charge is 0.0301 e. The average molecular weight is 204 g/mol. The van der Waals surface area contributed by atoms with Crippen LogP contribution < -0.4 is 5.73 Å². The Bertz CT molecular complexity index is 135. The Hall–Kier alpha value is 0.270. The van der Waals surface area contributed by atoms with Gasteiger partial charge in [-0.15, -0.1) is 0 Å². The molecule has 0 spiro atoms. The molecule has 0 aliphatic heterocycles. The number of likely N-dealkylation sites (N-methyl/N-ethyl adjacent to an activating group) is 1. The summed E-state index contributed by atoms with van der Waals surface area (Å²) >= 11 is 1.89. The highest BCUT2D eigenvalue weighted by atomic mass is 32.2. The minimum Gasteiger partial charge on any atom is -0.329 e. The van der Waals surface area contributed by atoms with E-state index in [9.17, 15) is 0 Å². The molecule has 0 rings (SSSR count). The van der Waals surface area contributed by atoms with E-state index in [2.05, 4.69) is 39.0 Å². The minimum atomic E-state index is 0.162. The molecule has 0 aromatic rings. The van der Waals surface area contributed by atoms with Gasteiger partial charge in [-0.25, -0.2) is 0 Å². The van der Waals surface area contributed by atoms with Gasteiger partial charge in [-0.3, -0.25) is 4.90 Å². The summed E-state index contributed by atoms with van der Waals surface area (Å²) in [5.74, 6) is 1.17. The third-order valence-electron chi connectivity index (χ3n) is 3.12. The van der Waals surface area contributed by atoms with E-state index in [-0.39, 0.29) is 5.54 Å². The van der Waals surface area contributed by atoms with Gasteiger partial charge in [-0.2, -0.15) is 11.8 Å². The van der Waals surface area contributed by atoms with E-state index >= 15 is 0 Å². The number of hydrogen-bond donors (Lipinski definition) is 1. The largest absolute Gasteiger partial charge is 0.329 e. The van der Waals surface area contributed by atoms with Crippen LogP contribution in [-0.4, -0.2) is 42.1 Å². The van der Waals surface area contributed by atoms with Crippen molar-refractivity contribution in [1.29, 1.82) is 0 Å². The van der Waals surface area contributed by atoms with Crippen LogP contribution in [0.15, 0.2) is 0 Å². The lowest BCUT2D eigenvalue weighted by atomic mass is 9.96. The predicted molar refractivity (Wildman–Crippen MR) is 63.4 cm³/mol. The van der Waals surface area contributed by atoms with E-state index in [1.165, 1.54) is 5.75 Å². The Morgan fingerprint density at radius 2 is 2.08 bits per heavy atom. The van der Waals surface area contributed by atoms with Gasteiger partial charge >= 0.3 is 0 Å². The molecule has 0 aromatic carbocycles. The molecule has 13 heavy (non-hydrogen) atoms. The van der Waals surface area contributed by atoms with E-state index in [0.29, 0.717) is 6.04 Å². The monoisotopic (exact) mass is 204 g/mol. The Morgan fingerprint density at radius 3 is 2.38 bits per heavy atom. The summed E-state index contributed by atoms with van der Waals surface area (Å²) in [6, 6.07) is 0.600. The lowest BCUT2D eigenvalue weighted by molar-refractivity contribution is 0.107. The van der Waals surface area contributed by atoms with Crippen LogP contribution in [0.25, 0.3) is 0 Å². The lowest BCUT2D eigenvalue weighted by Gasteiger charge is -2.41. The highest BCUT2D eigenvalue weighted by molar-refractivity contribution is 7.98. The van der Waals surface area contributed by atoms with Gasteiger partial charge in [-0.05, 0) is 33.6 Å². The van der Waals surface area contributed by atoms with Crippen LogP contribution in [0, 0.1) is 0 Å². The summed E-state index contributed by atoms with van der Waals surface area (Å²) in [6.07, 6.45) is 3.26. The molecule has 0 aliphatic rings. The zero-order chi connectivity index (χ0) is 10.5. The van der Waals surface area contributed by atoms with Gasteiger partial charge < -0.3 is 5.73 Å². The summed E-state index contributed by atoms with van der Waals surface area (Å²) < 4.78 is 0. The topological polar surface area (TPSA) is 29.3 Å². The Labute approximate surface area is 87.2 Å². The first kappa shape index (κ1) is 13.3. The minimum absolute atomic E-state index is 0.162. The molecule has 80 valence electrons. The fraction of sp³-hybridized carbons (Fsp3) is 1.00. The van der Waals surface area contributed by atoms with Crippen molar-refractivity contribution in [3.8, 4) is 0 Å². The average Bonchev–Trinajstić information content (AvgIpc) is 2.16. The van der Waals surface area contributed by atoms with Gasteiger partial charge in [0.05, 0.1) is 0 Å². The Balaban J connectivity index is 4.27. The van der Waals surface area contributed by atoms with Crippen molar-refractivity contribution in [3.05, 3.63) is 0 Å². The molecular weight excluding hydrogens is 180 g/mol. The highest BCUT2D eigenvalue weighted by Gasteiger charge is 2.28. The first-order valence-corrected chi connectivity index (χ1v) is 6.33. The van der Waals surface area contributed by atoms with E-state index in [1.807, 2.05) is 11.8 Å². The third kappa shape index (κ3) is 3.49. The molecule has 2 nitrogen and oxygen atoms in total. The van der Waals surface area contributed by atoms with Gasteiger partial charge in [-0.1, -0.05) is 6.92 Å². The van der Waals surface area contributed by atoms with Crippen LogP contribution in [0.1, 0.15) is 27.2 Å². The second-order valence-corrected chi connectivity index (χ2v) is 4.88. The van der Waals surface area contributed by atoms with Crippen molar-refractivity contribution in [2.24, 2.45) is 5.73 Å². The standard InChI is InChI=1S/C10H24N2S/c1-6-10(3,8-11)12(4)9(2)7-13-5/h9H,6-8,11H2,1-5H3.